The Morgan fingerprint density at radius 3 is 2.67 bits per heavy atom. The molecular weight excluding hydrogens is 439 g/mol. The molecule has 1 heterocycles. The fraction of sp³-hybridized carbons (Fsp3) is 0.0556. The van der Waals surface area contributed by atoms with Crippen LogP contribution in [0.1, 0.15) is 5.56 Å². The smallest absolute Gasteiger partial charge is 0.270 e. The van der Waals surface area contributed by atoms with E-state index in [2.05, 4.69) is 21.2 Å². The maximum absolute atomic E-state index is 14.1. The summed E-state index contributed by atoms with van der Waals surface area (Å²) in [5.41, 5.74) is 0.0884. The molecular formula is C18H12BrFN2O4S. The minimum absolute atomic E-state index is 0.0687. The van der Waals surface area contributed by atoms with Crippen LogP contribution < -0.4 is 15.0 Å². The number of carbonyl (C=O) groups is 2. The van der Waals surface area contributed by atoms with Gasteiger partial charge in [0.1, 0.15) is 11.4 Å². The lowest BCUT2D eigenvalue weighted by atomic mass is 10.1. The molecule has 2 aromatic rings. The van der Waals surface area contributed by atoms with Gasteiger partial charge in [-0.1, -0.05) is 28.1 Å². The van der Waals surface area contributed by atoms with E-state index in [4.69, 9.17) is 17.0 Å². The zero-order chi connectivity index (χ0) is 19.7. The number of carbonyl (C=O) groups excluding carboxylic acids is 2. The van der Waals surface area contributed by atoms with E-state index in [0.717, 1.165) is 4.90 Å². The molecule has 0 aromatic heterocycles. The van der Waals surface area contributed by atoms with Crippen LogP contribution in [0, 0.1) is 5.82 Å². The van der Waals surface area contributed by atoms with Gasteiger partial charge in [-0.15, -0.1) is 0 Å². The van der Waals surface area contributed by atoms with E-state index in [1.807, 2.05) is 0 Å². The molecule has 6 nitrogen and oxygen atoms in total. The van der Waals surface area contributed by atoms with Crippen molar-refractivity contribution in [2.24, 2.45) is 0 Å². The monoisotopic (exact) mass is 450 g/mol. The van der Waals surface area contributed by atoms with E-state index >= 15 is 0 Å². The van der Waals surface area contributed by atoms with Crippen molar-refractivity contribution in [3.8, 4) is 11.5 Å². The van der Waals surface area contributed by atoms with Crippen LogP contribution in [-0.4, -0.2) is 29.1 Å². The Kier molecular flexibility index (Phi) is 5.24. The SMILES string of the molecule is COc1cc(/C=C2/C(=O)NC(=S)N(c3ccccc3F)C2=O)c(Br)cc1O. The molecule has 0 unspecified atom stereocenters. The molecule has 2 aromatic carbocycles. The van der Waals surface area contributed by atoms with Crippen LogP contribution in [-0.2, 0) is 9.59 Å². The van der Waals surface area contributed by atoms with Crippen LogP contribution in [0.2, 0.25) is 0 Å². The van der Waals surface area contributed by atoms with Gasteiger partial charge in [0.05, 0.1) is 12.8 Å². The molecule has 138 valence electrons. The Morgan fingerprint density at radius 1 is 1.30 bits per heavy atom. The standard InChI is InChI=1S/C18H12BrFN2O4S/c1-26-15-7-9(11(19)8-14(15)23)6-10-16(24)21-18(27)22(17(10)25)13-5-3-2-4-12(13)20/h2-8,23H,1H3,(H,21,24,27)/b10-6-. The number of nitrogens with one attached hydrogen (secondary N) is 1. The van der Waals surface area contributed by atoms with Gasteiger partial charge in [-0.3, -0.25) is 14.9 Å². The second-order valence-corrected chi connectivity index (χ2v) is 6.70. The molecule has 2 amide bonds. The molecule has 0 aliphatic carbocycles. The van der Waals surface area contributed by atoms with Crippen LogP contribution in [0.25, 0.3) is 6.08 Å². The molecule has 0 spiro atoms. The third kappa shape index (κ3) is 3.56. The lowest BCUT2D eigenvalue weighted by Gasteiger charge is -2.29. The van der Waals surface area contributed by atoms with Crippen molar-refractivity contribution in [1.82, 2.24) is 5.32 Å². The number of ether oxygens (including phenoxy) is 1. The molecule has 0 bridgehead atoms. The van der Waals surface area contributed by atoms with Gasteiger partial charge in [-0.2, -0.15) is 0 Å². The summed E-state index contributed by atoms with van der Waals surface area (Å²) in [5.74, 6) is -2.09. The van der Waals surface area contributed by atoms with Crippen molar-refractivity contribution in [1.29, 1.82) is 0 Å². The second-order valence-electron chi connectivity index (χ2n) is 5.45. The van der Waals surface area contributed by atoms with Gasteiger partial charge in [-0.25, -0.2) is 9.29 Å². The number of nitrogens with zero attached hydrogens (tertiary/aromatic N) is 1. The van der Waals surface area contributed by atoms with Crippen LogP contribution >= 0.6 is 28.1 Å². The second kappa shape index (κ2) is 7.45. The summed E-state index contributed by atoms with van der Waals surface area (Å²) in [5, 5.41) is 12.0. The number of methoxy groups -OCH3 is 1. The minimum Gasteiger partial charge on any atom is -0.504 e. The molecule has 0 atom stereocenters. The van der Waals surface area contributed by atoms with E-state index in [9.17, 15) is 19.1 Å². The average Bonchev–Trinajstić information content (AvgIpc) is 2.61. The first-order valence-electron chi connectivity index (χ1n) is 7.56. The van der Waals surface area contributed by atoms with Crippen LogP contribution in [0.3, 0.4) is 0 Å². The highest BCUT2D eigenvalue weighted by Gasteiger charge is 2.35. The third-order valence-electron chi connectivity index (χ3n) is 3.79. The Hall–Kier alpha value is -2.78. The maximum atomic E-state index is 14.1. The van der Waals surface area contributed by atoms with Gasteiger partial charge >= 0.3 is 0 Å². The number of hydrogen-bond donors (Lipinski definition) is 2. The Labute approximate surface area is 167 Å². The Balaban J connectivity index is 2.09. The van der Waals surface area contributed by atoms with E-state index in [-0.39, 0.29) is 27.9 Å². The van der Waals surface area contributed by atoms with Crippen molar-refractivity contribution in [2.45, 2.75) is 0 Å². The largest absolute Gasteiger partial charge is 0.504 e. The molecule has 3 rings (SSSR count). The Bertz CT molecular complexity index is 1010. The first-order valence-corrected chi connectivity index (χ1v) is 8.76. The number of hydrogen-bond acceptors (Lipinski definition) is 5. The van der Waals surface area contributed by atoms with Gasteiger partial charge in [0, 0.05) is 4.47 Å². The zero-order valence-corrected chi connectivity index (χ0v) is 16.2. The van der Waals surface area contributed by atoms with Crippen molar-refractivity contribution < 1.29 is 23.8 Å². The summed E-state index contributed by atoms with van der Waals surface area (Å²) in [4.78, 5) is 26.1. The topological polar surface area (TPSA) is 78.9 Å². The highest BCUT2D eigenvalue weighted by atomic mass is 79.9. The summed E-state index contributed by atoms with van der Waals surface area (Å²) in [7, 11) is 1.37. The van der Waals surface area contributed by atoms with E-state index in [0.29, 0.717) is 10.0 Å². The van der Waals surface area contributed by atoms with Gasteiger partial charge in [0.15, 0.2) is 16.6 Å². The molecule has 1 aliphatic heterocycles. The molecule has 1 fully saturated rings. The molecule has 1 aliphatic rings. The van der Waals surface area contributed by atoms with Gasteiger partial charge in [-0.05, 0) is 48.1 Å². The first kappa shape index (κ1) is 19.0. The summed E-state index contributed by atoms with van der Waals surface area (Å²) in [6, 6.07) is 8.42. The number of aromatic hydroxyl groups is 1. The van der Waals surface area contributed by atoms with Crippen molar-refractivity contribution in [3.05, 3.63) is 57.8 Å². The van der Waals surface area contributed by atoms with Crippen molar-refractivity contribution in [2.75, 3.05) is 12.0 Å². The molecule has 2 N–H and O–H groups in total. The van der Waals surface area contributed by atoms with Gasteiger partial charge in [0.2, 0.25) is 0 Å². The summed E-state index contributed by atoms with van der Waals surface area (Å²) >= 11 is 8.30. The predicted molar refractivity (Wildman–Crippen MR) is 105 cm³/mol. The highest BCUT2D eigenvalue weighted by Crippen LogP contribution is 2.34. The summed E-state index contributed by atoms with van der Waals surface area (Å²) < 4.78 is 19.6. The lowest BCUT2D eigenvalue weighted by molar-refractivity contribution is -0.122. The molecule has 9 heteroatoms. The zero-order valence-electron chi connectivity index (χ0n) is 13.8. The number of anilines is 1. The average molecular weight is 451 g/mol. The van der Waals surface area contributed by atoms with E-state index in [1.165, 1.54) is 43.5 Å². The molecule has 27 heavy (non-hydrogen) atoms. The van der Waals surface area contributed by atoms with Crippen LogP contribution in [0.4, 0.5) is 10.1 Å². The molecule has 0 radical (unpaired) electrons. The van der Waals surface area contributed by atoms with Gasteiger partial charge < -0.3 is 9.84 Å². The summed E-state index contributed by atoms with van der Waals surface area (Å²) in [6.07, 6.45) is 1.30. The summed E-state index contributed by atoms with van der Waals surface area (Å²) in [6.45, 7) is 0. The lowest BCUT2D eigenvalue weighted by Crippen LogP contribution is -2.54. The fourth-order valence-electron chi connectivity index (χ4n) is 2.50. The number of halogens is 2. The quantitative estimate of drug-likeness (QED) is 0.426. The minimum atomic E-state index is -0.771. The number of benzene rings is 2. The third-order valence-corrected chi connectivity index (χ3v) is 4.76. The number of thiocarbonyl (C=S) groups is 1. The number of para-hydroxylation sites is 1. The number of rotatable bonds is 3. The van der Waals surface area contributed by atoms with E-state index in [1.54, 1.807) is 6.07 Å². The van der Waals surface area contributed by atoms with Crippen molar-refractivity contribution >= 4 is 56.8 Å². The van der Waals surface area contributed by atoms with E-state index < -0.39 is 17.6 Å². The normalized spacial score (nSPS) is 15.9. The van der Waals surface area contributed by atoms with Crippen LogP contribution in [0.15, 0.2) is 46.4 Å². The number of amides is 2. The number of phenolic OH excluding ortho intramolecular Hbond substituents is 1. The maximum Gasteiger partial charge on any atom is 0.270 e. The van der Waals surface area contributed by atoms with Crippen molar-refractivity contribution in [3.63, 3.8) is 0 Å². The highest BCUT2D eigenvalue weighted by molar-refractivity contribution is 9.10. The predicted octanol–water partition coefficient (Wildman–Crippen LogP) is 3.13. The number of phenols is 1. The Morgan fingerprint density at radius 2 is 2.00 bits per heavy atom. The first-order chi connectivity index (χ1) is 12.8. The molecule has 0 saturated carbocycles. The molecule has 1 saturated heterocycles. The van der Waals surface area contributed by atoms with Crippen LogP contribution in [0.5, 0.6) is 11.5 Å². The fourth-order valence-corrected chi connectivity index (χ4v) is 3.22. The van der Waals surface area contributed by atoms with Gasteiger partial charge in [0.25, 0.3) is 11.8 Å².